The summed E-state index contributed by atoms with van der Waals surface area (Å²) < 4.78 is 7.12. The number of carbonyl (C=O) groups is 2. The zero-order chi connectivity index (χ0) is 25.3. The number of hydrogen-bond acceptors (Lipinski definition) is 8. The number of aryl methyl sites for hydroxylation is 1. The molecule has 0 aromatic carbocycles. The van der Waals surface area contributed by atoms with Crippen molar-refractivity contribution in [3.8, 4) is 0 Å². The number of fused-ring (bicyclic) bond motifs is 1. The van der Waals surface area contributed by atoms with E-state index in [-0.39, 0.29) is 23.6 Å². The third-order valence-corrected chi connectivity index (χ3v) is 7.55. The molecule has 1 unspecified atom stereocenters. The summed E-state index contributed by atoms with van der Waals surface area (Å²) in [5, 5.41) is 0. The Morgan fingerprint density at radius 1 is 1.23 bits per heavy atom. The molecule has 35 heavy (non-hydrogen) atoms. The van der Waals surface area contributed by atoms with E-state index in [0.717, 1.165) is 12.0 Å². The van der Waals surface area contributed by atoms with E-state index in [1.807, 2.05) is 31.7 Å². The molecule has 0 N–H and O–H groups in total. The Morgan fingerprint density at radius 2 is 1.94 bits per heavy atom. The normalized spacial score (nSPS) is 18.6. The maximum Gasteiger partial charge on any atom is 0.409 e. The summed E-state index contributed by atoms with van der Waals surface area (Å²) in [5.41, 5.74) is 1.52. The molecule has 0 radical (unpaired) electrons. The molecule has 186 valence electrons. The number of aromatic nitrogens is 2. The molecule has 2 aliphatic rings. The number of pyridine rings is 1. The van der Waals surface area contributed by atoms with Crippen LogP contribution in [0.5, 0.6) is 0 Å². The van der Waals surface area contributed by atoms with Gasteiger partial charge in [0.15, 0.2) is 0 Å². The van der Waals surface area contributed by atoms with Gasteiger partial charge in [0.2, 0.25) is 0 Å². The Bertz CT molecular complexity index is 1270. The minimum Gasteiger partial charge on any atom is -0.450 e. The molecule has 4 heterocycles. The van der Waals surface area contributed by atoms with Gasteiger partial charge < -0.3 is 14.5 Å². The van der Waals surface area contributed by atoms with Crippen LogP contribution in [-0.2, 0) is 9.53 Å². The molecular weight excluding hydrogens is 486 g/mol. The summed E-state index contributed by atoms with van der Waals surface area (Å²) in [4.78, 5) is 49.4. The fourth-order valence-electron chi connectivity index (χ4n) is 4.10. The maximum atomic E-state index is 13.6. The van der Waals surface area contributed by atoms with Gasteiger partial charge in [-0.2, -0.15) is 0 Å². The topological polar surface area (TPSA) is 87.5 Å². The molecule has 2 aliphatic heterocycles. The number of ether oxygens (including phenoxy) is 1. The summed E-state index contributed by atoms with van der Waals surface area (Å²) in [7, 11) is 0. The number of hydrogen-bond donors (Lipinski definition) is 0. The second-order valence-corrected chi connectivity index (χ2v) is 10.2. The van der Waals surface area contributed by atoms with Crippen LogP contribution in [-0.4, -0.2) is 74.3 Å². The third kappa shape index (κ3) is 4.92. The first-order valence-electron chi connectivity index (χ1n) is 11.7. The van der Waals surface area contributed by atoms with Crippen LogP contribution in [0, 0.1) is 6.92 Å². The summed E-state index contributed by atoms with van der Waals surface area (Å²) in [6.07, 6.45) is 3.80. The molecule has 4 rings (SSSR count). The minimum absolute atomic E-state index is 0.0256. The molecule has 0 saturated carbocycles. The van der Waals surface area contributed by atoms with E-state index in [9.17, 15) is 14.4 Å². The number of thiocarbonyl (C=S) groups is 1. The zero-order valence-corrected chi connectivity index (χ0v) is 21.9. The van der Waals surface area contributed by atoms with Crippen LogP contribution in [0.1, 0.15) is 38.3 Å². The summed E-state index contributed by atoms with van der Waals surface area (Å²) >= 11 is 6.67. The van der Waals surface area contributed by atoms with E-state index in [4.69, 9.17) is 21.9 Å². The van der Waals surface area contributed by atoms with Gasteiger partial charge in [-0.1, -0.05) is 37.0 Å². The van der Waals surface area contributed by atoms with E-state index in [1.165, 1.54) is 16.2 Å². The average Bonchev–Trinajstić information content (AvgIpc) is 3.13. The first-order valence-corrected chi connectivity index (χ1v) is 12.9. The lowest BCUT2D eigenvalue weighted by atomic mass is 10.2. The molecule has 2 fully saturated rings. The van der Waals surface area contributed by atoms with Crippen molar-refractivity contribution >= 4 is 57.8 Å². The van der Waals surface area contributed by atoms with Gasteiger partial charge in [0, 0.05) is 38.4 Å². The van der Waals surface area contributed by atoms with Gasteiger partial charge >= 0.3 is 6.09 Å². The summed E-state index contributed by atoms with van der Waals surface area (Å²) in [6.45, 7) is 9.83. The quantitative estimate of drug-likeness (QED) is 0.443. The Hall–Kier alpha value is -2.92. The third-order valence-electron chi connectivity index (χ3n) is 6.22. The predicted molar refractivity (Wildman–Crippen MR) is 142 cm³/mol. The highest BCUT2D eigenvalue weighted by atomic mass is 32.2. The van der Waals surface area contributed by atoms with Gasteiger partial charge in [0.1, 0.15) is 15.8 Å². The smallest absolute Gasteiger partial charge is 0.409 e. The molecule has 0 bridgehead atoms. The number of thioether (sulfide) groups is 1. The van der Waals surface area contributed by atoms with Crippen molar-refractivity contribution in [3.63, 3.8) is 0 Å². The minimum atomic E-state index is -0.344. The van der Waals surface area contributed by atoms with E-state index in [1.54, 1.807) is 35.1 Å². The lowest BCUT2D eigenvalue weighted by Gasteiger charge is -2.35. The molecule has 2 aromatic rings. The van der Waals surface area contributed by atoms with Crippen LogP contribution >= 0.6 is 24.0 Å². The van der Waals surface area contributed by atoms with Crippen molar-refractivity contribution in [1.29, 1.82) is 0 Å². The Balaban J connectivity index is 1.76. The molecular formula is C24H29N5O4S2. The van der Waals surface area contributed by atoms with E-state index < -0.39 is 0 Å². The van der Waals surface area contributed by atoms with Crippen LogP contribution in [0.25, 0.3) is 11.7 Å². The van der Waals surface area contributed by atoms with Gasteiger partial charge in [-0.05, 0) is 44.9 Å². The highest BCUT2D eigenvalue weighted by molar-refractivity contribution is 8.26. The van der Waals surface area contributed by atoms with Gasteiger partial charge in [0.25, 0.3) is 11.5 Å². The first kappa shape index (κ1) is 25.2. The van der Waals surface area contributed by atoms with E-state index in [0.29, 0.717) is 59.0 Å². The van der Waals surface area contributed by atoms with Crippen LogP contribution in [0.3, 0.4) is 0 Å². The number of nitrogens with zero attached hydrogens (tertiary/aromatic N) is 5. The highest BCUT2D eigenvalue weighted by Gasteiger charge is 2.35. The number of rotatable bonds is 5. The highest BCUT2D eigenvalue weighted by Crippen LogP contribution is 2.35. The SMILES string of the molecule is CCOC(=O)N1CCN(c2nc3ccc(C)cn3c(=O)c2C=C2SC(=S)N(C(C)CC)C2=O)CC1. The zero-order valence-electron chi connectivity index (χ0n) is 20.3. The molecule has 0 aliphatic carbocycles. The van der Waals surface area contributed by atoms with Gasteiger partial charge in [-0.3, -0.25) is 18.9 Å². The molecule has 11 heteroatoms. The second kappa shape index (κ2) is 10.4. The fraction of sp³-hybridized carbons (Fsp3) is 0.458. The number of piperazine rings is 1. The van der Waals surface area contributed by atoms with Crippen LogP contribution in [0.15, 0.2) is 28.0 Å². The predicted octanol–water partition coefficient (Wildman–Crippen LogP) is 3.28. The Morgan fingerprint density at radius 3 is 2.60 bits per heavy atom. The Labute approximate surface area is 213 Å². The van der Waals surface area contributed by atoms with Gasteiger partial charge in [-0.25, -0.2) is 9.78 Å². The monoisotopic (exact) mass is 515 g/mol. The standard InChI is InChI=1S/C24H29N5O4S2/c1-5-16(4)29-22(31)18(35-24(29)34)13-17-20(25-19-8-7-15(3)14-28(19)21(17)30)26-9-11-27(12-10-26)23(32)33-6-2/h7-8,13-14,16H,5-6,9-12H2,1-4H3. The van der Waals surface area contributed by atoms with Gasteiger partial charge in [0.05, 0.1) is 17.1 Å². The Kier molecular flexibility index (Phi) is 7.46. The first-order chi connectivity index (χ1) is 16.7. The lowest BCUT2D eigenvalue weighted by molar-refractivity contribution is -0.123. The van der Waals surface area contributed by atoms with E-state index >= 15 is 0 Å². The van der Waals surface area contributed by atoms with Crippen molar-refractivity contribution < 1.29 is 14.3 Å². The van der Waals surface area contributed by atoms with Crippen molar-refractivity contribution in [2.75, 3.05) is 37.7 Å². The van der Waals surface area contributed by atoms with Crippen LogP contribution in [0.2, 0.25) is 0 Å². The number of amides is 2. The maximum absolute atomic E-state index is 13.6. The average molecular weight is 516 g/mol. The molecule has 1 atom stereocenters. The molecule has 2 saturated heterocycles. The van der Waals surface area contributed by atoms with Gasteiger partial charge in [-0.15, -0.1) is 0 Å². The number of carbonyl (C=O) groups excluding carboxylic acids is 2. The van der Waals surface area contributed by atoms with Crippen LogP contribution in [0.4, 0.5) is 10.6 Å². The molecule has 0 spiro atoms. The molecule has 9 nitrogen and oxygen atoms in total. The summed E-state index contributed by atoms with van der Waals surface area (Å²) in [6, 6.07) is 3.69. The van der Waals surface area contributed by atoms with Crippen molar-refractivity contribution in [2.45, 2.75) is 40.2 Å². The van der Waals surface area contributed by atoms with Crippen molar-refractivity contribution in [2.24, 2.45) is 0 Å². The lowest BCUT2D eigenvalue weighted by Crippen LogP contribution is -2.49. The van der Waals surface area contributed by atoms with Crippen LogP contribution < -0.4 is 10.5 Å². The summed E-state index contributed by atoms with van der Waals surface area (Å²) in [5.74, 6) is 0.303. The van der Waals surface area contributed by atoms with Crippen molar-refractivity contribution in [1.82, 2.24) is 19.2 Å². The van der Waals surface area contributed by atoms with E-state index in [2.05, 4.69) is 0 Å². The van der Waals surface area contributed by atoms with Crippen molar-refractivity contribution in [3.05, 3.63) is 44.7 Å². The number of anilines is 1. The fourth-order valence-corrected chi connectivity index (χ4v) is 5.55. The second-order valence-electron chi connectivity index (χ2n) is 8.57. The molecule has 2 amide bonds. The molecule has 2 aromatic heterocycles. The largest absolute Gasteiger partial charge is 0.450 e.